The van der Waals surface area contributed by atoms with Crippen LogP contribution in [0.2, 0.25) is 11.1 Å². The van der Waals surface area contributed by atoms with E-state index >= 15 is 0 Å². The molecule has 5 rings (SSSR count). The monoisotopic (exact) mass is 573 g/mol. The molecule has 2 aliphatic rings. The van der Waals surface area contributed by atoms with E-state index in [1.54, 1.807) is 0 Å². The maximum atomic E-state index is 14.1. The van der Waals surface area contributed by atoms with E-state index in [2.05, 4.69) is 86.2 Å². The molecule has 0 radical (unpaired) electrons. The number of ether oxygens (including phenoxy) is 1. The third-order valence-corrected chi connectivity index (χ3v) is 17.3. The Morgan fingerprint density at radius 1 is 0.975 bits per heavy atom. The van der Waals surface area contributed by atoms with Gasteiger partial charge >= 0.3 is 5.97 Å². The number of benzene rings is 3. The lowest BCUT2D eigenvalue weighted by Gasteiger charge is -2.50. The number of carbonyl (C=O) groups is 1. The molecule has 0 aliphatic heterocycles. The van der Waals surface area contributed by atoms with Crippen molar-refractivity contribution < 1.29 is 13.7 Å². The molecule has 3 aromatic rings. The number of esters is 1. The minimum Gasteiger partial charge on any atom is -0.469 e. The highest BCUT2D eigenvalue weighted by Gasteiger charge is 2.63. The SMILES string of the molecule is COC(=O)[C@]1([C@H](C[Si](c2ccccc2)(c2ccccc2)C(C)(C)C)N[S@@](=O)c2ccc(C)cc2)C[C@@H]2CC[C@H]1C2. The number of hydrogen-bond donors (Lipinski definition) is 1. The van der Waals surface area contributed by atoms with Crippen LogP contribution in [0.15, 0.2) is 89.8 Å². The fraction of sp³-hybridized carbons (Fsp3) is 0.441. The predicted molar refractivity (Wildman–Crippen MR) is 167 cm³/mol. The fourth-order valence-electron chi connectivity index (χ4n) is 7.90. The zero-order valence-electron chi connectivity index (χ0n) is 24.5. The summed E-state index contributed by atoms with van der Waals surface area (Å²) in [6, 6.07) is 30.1. The van der Waals surface area contributed by atoms with Crippen LogP contribution >= 0.6 is 0 Å². The molecular weight excluding hydrogens is 531 g/mol. The number of nitrogens with one attached hydrogen (secondary N) is 1. The van der Waals surface area contributed by atoms with Crippen molar-refractivity contribution in [1.29, 1.82) is 0 Å². The van der Waals surface area contributed by atoms with Crippen LogP contribution in [0.4, 0.5) is 0 Å². The van der Waals surface area contributed by atoms with Gasteiger partial charge in [-0.1, -0.05) is 116 Å². The van der Waals surface area contributed by atoms with Crippen molar-refractivity contribution in [3.63, 3.8) is 0 Å². The normalized spacial score (nSPS) is 24.0. The van der Waals surface area contributed by atoms with Crippen LogP contribution in [0.5, 0.6) is 0 Å². The topological polar surface area (TPSA) is 55.4 Å². The molecule has 4 nitrogen and oxygen atoms in total. The number of aryl methyl sites for hydroxylation is 1. The van der Waals surface area contributed by atoms with Gasteiger partial charge in [-0.2, -0.15) is 0 Å². The van der Waals surface area contributed by atoms with E-state index in [9.17, 15) is 9.00 Å². The number of hydrogen-bond acceptors (Lipinski definition) is 3. The second-order valence-corrected chi connectivity index (χ2v) is 19.1. The summed E-state index contributed by atoms with van der Waals surface area (Å²) in [5.74, 6) is 0.604. The second kappa shape index (κ2) is 11.4. The summed E-state index contributed by atoms with van der Waals surface area (Å²) in [6.45, 7) is 9.07. The summed E-state index contributed by atoms with van der Waals surface area (Å²) in [5.41, 5.74) is 0.425. The Morgan fingerprint density at radius 2 is 1.55 bits per heavy atom. The minimum atomic E-state index is -2.59. The van der Waals surface area contributed by atoms with Crippen LogP contribution in [0.1, 0.15) is 52.0 Å². The molecule has 0 spiro atoms. The molecule has 212 valence electrons. The molecule has 0 unspecified atom stereocenters. The number of fused-ring (bicyclic) bond motifs is 2. The zero-order valence-corrected chi connectivity index (χ0v) is 26.3. The van der Waals surface area contributed by atoms with Crippen molar-refractivity contribution >= 4 is 35.4 Å². The van der Waals surface area contributed by atoms with Crippen molar-refractivity contribution in [1.82, 2.24) is 4.72 Å². The van der Waals surface area contributed by atoms with E-state index < -0.39 is 24.5 Å². The van der Waals surface area contributed by atoms with Crippen LogP contribution in [0.3, 0.4) is 0 Å². The lowest BCUT2D eigenvalue weighted by Crippen LogP contribution is -2.69. The van der Waals surface area contributed by atoms with Gasteiger partial charge in [0.05, 0.1) is 17.4 Å². The first-order chi connectivity index (χ1) is 19.1. The van der Waals surface area contributed by atoms with Crippen LogP contribution in [-0.2, 0) is 20.5 Å². The third-order valence-electron chi connectivity index (χ3n) is 9.89. The van der Waals surface area contributed by atoms with E-state index in [0.29, 0.717) is 5.92 Å². The quantitative estimate of drug-likeness (QED) is 0.252. The van der Waals surface area contributed by atoms with E-state index in [0.717, 1.165) is 42.2 Å². The van der Waals surface area contributed by atoms with Gasteiger partial charge < -0.3 is 4.74 Å². The van der Waals surface area contributed by atoms with Crippen molar-refractivity contribution in [2.75, 3.05) is 7.11 Å². The number of carbonyl (C=O) groups excluding carboxylic acids is 1. The molecule has 0 aromatic heterocycles. The summed E-state index contributed by atoms with van der Waals surface area (Å²) in [6.07, 6.45) is 4.03. The van der Waals surface area contributed by atoms with Crippen LogP contribution < -0.4 is 15.1 Å². The number of methoxy groups -OCH3 is 1. The van der Waals surface area contributed by atoms with Gasteiger partial charge in [-0.25, -0.2) is 8.93 Å². The Labute approximate surface area is 243 Å². The molecule has 0 amide bonds. The minimum absolute atomic E-state index is 0.0874. The van der Waals surface area contributed by atoms with Crippen molar-refractivity contribution in [3.8, 4) is 0 Å². The molecule has 2 fully saturated rings. The third kappa shape index (κ3) is 5.03. The van der Waals surface area contributed by atoms with Gasteiger partial charge in [0.1, 0.15) is 19.1 Å². The standard InChI is InChI=1S/C34H43NO3SSi/c1-25-16-20-28(21-17-25)39(37)35-31(34(32(36)38-5)23-26-18-19-27(34)22-26)24-40(33(2,3)4,29-12-8-6-9-13-29)30-14-10-7-11-15-30/h6-17,20-21,26-27,31,35H,18-19,22-24H2,1-5H3/t26-,27+,31+,34-,39+/m1/s1. The van der Waals surface area contributed by atoms with Crippen molar-refractivity contribution in [3.05, 3.63) is 90.5 Å². The largest absolute Gasteiger partial charge is 0.469 e. The van der Waals surface area contributed by atoms with Crippen molar-refractivity contribution in [2.45, 2.75) is 75.4 Å². The molecule has 6 heteroatoms. The van der Waals surface area contributed by atoms with Gasteiger partial charge in [0.2, 0.25) is 0 Å². The second-order valence-electron chi connectivity index (χ2n) is 13.0. The maximum absolute atomic E-state index is 14.1. The van der Waals surface area contributed by atoms with Crippen LogP contribution in [-0.4, -0.2) is 31.4 Å². The molecule has 5 atom stereocenters. The zero-order chi connectivity index (χ0) is 28.5. The van der Waals surface area contributed by atoms with E-state index in [-0.39, 0.29) is 23.0 Å². The van der Waals surface area contributed by atoms with Gasteiger partial charge in [-0.15, -0.1) is 0 Å². The Hall–Kier alpha value is -2.54. The van der Waals surface area contributed by atoms with Gasteiger partial charge in [-0.05, 0) is 61.2 Å². The summed E-state index contributed by atoms with van der Waals surface area (Å²) in [5, 5.41) is 2.59. The van der Waals surface area contributed by atoms with Gasteiger partial charge in [0.25, 0.3) is 0 Å². The van der Waals surface area contributed by atoms with Gasteiger partial charge in [0, 0.05) is 6.04 Å². The average Bonchev–Trinajstić information content (AvgIpc) is 3.58. The number of rotatable bonds is 9. The summed E-state index contributed by atoms with van der Waals surface area (Å²) < 4.78 is 23.3. The summed E-state index contributed by atoms with van der Waals surface area (Å²) >= 11 is 0. The van der Waals surface area contributed by atoms with Crippen molar-refractivity contribution in [2.24, 2.45) is 17.3 Å². The van der Waals surface area contributed by atoms with E-state index in [1.165, 1.54) is 17.5 Å². The lowest BCUT2D eigenvalue weighted by molar-refractivity contribution is -0.158. The Balaban J connectivity index is 1.70. The summed E-state index contributed by atoms with van der Waals surface area (Å²) in [7, 11) is -2.55. The van der Waals surface area contributed by atoms with Gasteiger partial charge in [0.15, 0.2) is 0 Å². The highest BCUT2D eigenvalue weighted by Crippen LogP contribution is 2.60. The first-order valence-corrected chi connectivity index (χ1v) is 17.9. The first-order valence-electron chi connectivity index (χ1n) is 14.6. The molecule has 2 bridgehead atoms. The Kier molecular flexibility index (Phi) is 8.24. The molecule has 2 saturated carbocycles. The maximum Gasteiger partial charge on any atom is 0.313 e. The molecule has 2 aliphatic carbocycles. The molecule has 0 saturated heterocycles. The first kappa shape index (κ1) is 29.0. The predicted octanol–water partition coefficient (Wildman–Crippen LogP) is 6.02. The Bertz CT molecular complexity index is 1300. The Morgan fingerprint density at radius 3 is 2.00 bits per heavy atom. The lowest BCUT2D eigenvalue weighted by atomic mass is 9.68. The average molecular weight is 574 g/mol. The molecule has 3 aromatic carbocycles. The molecular formula is C34H43NO3SSi. The van der Waals surface area contributed by atoms with Crippen LogP contribution in [0.25, 0.3) is 0 Å². The molecule has 40 heavy (non-hydrogen) atoms. The highest BCUT2D eigenvalue weighted by molar-refractivity contribution is 7.83. The highest BCUT2D eigenvalue weighted by atomic mass is 32.2. The summed E-state index contributed by atoms with van der Waals surface area (Å²) in [4.78, 5) is 14.7. The molecule has 0 heterocycles. The van der Waals surface area contributed by atoms with Gasteiger partial charge in [-0.3, -0.25) is 4.79 Å². The van der Waals surface area contributed by atoms with Crippen LogP contribution in [0, 0.1) is 24.2 Å². The molecule has 1 N–H and O–H groups in total. The smallest absolute Gasteiger partial charge is 0.313 e. The van der Waals surface area contributed by atoms with E-state index in [1.807, 2.05) is 31.2 Å². The fourth-order valence-corrected chi connectivity index (χ4v) is 14.9. The van der Waals surface area contributed by atoms with E-state index in [4.69, 9.17) is 4.74 Å².